The van der Waals surface area contributed by atoms with Crippen LogP contribution in [0.1, 0.15) is 41.7 Å². The van der Waals surface area contributed by atoms with Crippen molar-refractivity contribution in [3.63, 3.8) is 0 Å². The van der Waals surface area contributed by atoms with Gasteiger partial charge in [-0.1, -0.05) is 30.3 Å². The summed E-state index contributed by atoms with van der Waals surface area (Å²) >= 11 is 0. The highest BCUT2D eigenvalue weighted by Crippen LogP contribution is 2.25. The number of nitrogens with zero attached hydrogens (tertiary/aromatic N) is 4. The molecular weight excluding hydrogens is 378 g/mol. The van der Waals surface area contributed by atoms with Crippen molar-refractivity contribution in [2.75, 3.05) is 31.1 Å². The van der Waals surface area contributed by atoms with Crippen molar-refractivity contribution in [2.24, 2.45) is 17.6 Å². The number of rotatable bonds is 5. The van der Waals surface area contributed by atoms with E-state index in [1.54, 1.807) is 11.0 Å². The van der Waals surface area contributed by atoms with Gasteiger partial charge in [0.25, 0.3) is 5.91 Å². The van der Waals surface area contributed by atoms with Crippen LogP contribution >= 0.6 is 0 Å². The van der Waals surface area contributed by atoms with Gasteiger partial charge in [0, 0.05) is 32.1 Å². The third kappa shape index (κ3) is 4.78. The Morgan fingerprint density at radius 2 is 1.60 bits per heavy atom. The molecule has 2 N–H and O–H groups in total. The standard InChI is InChI=1S/C23H29N5O2/c24-22(29)19-10-14-28(15-11-19)23(30)20-6-7-21(26-25-20)27-12-8-18(9-13-27)16-17-4-2-1-3-5-17/h1-7,18-19H,8-16H2,(H2,24,29). The van der Waals surface area contributed by atoms with E-state index in [1.165, 1.54) is 5.56 Å². The Balaban J connectivity index is 1.29. The first-order valence-corrected chi connectivity index (χ1v) is 10.8. The van der Waals surface area contributed by atoms with Gasteiger partial charge in [-0.15, -0.1) is 10.2 Å². The molecule has 7 nitrogen and oxygen atoms in total. The summed E-state index contributed by atoms with van der Waals surface area (Å²) in [6, 6.07) is 14.3. The molecule has 1 aromatic carbocycles. The first kappa shape index (κ1) is 20.3. The van der Waals surface area contributed by atoms with E-state index in [0.717, 1.165) is 38.2 Å². The normalized spacial score (nSPS) is 18.4. The predicted octanol–water partition coefficient (Wildman–Crippen LogP) is 2.27. The summed E-state index contributed by atoms with van der Waals surface area (Å²) in [5.41, 5.74) is 7.12. The van der Waals surface area contributed by atoms with Crippen LogP contribution in [0.15, 0.2) is 42.5 Å². The van der Waals surface area contributed by atoms with Crippen molar-refractivity contribution >= 4 is 17.6 Å². The number of piperidine rings is 2. The topological polar surface area (TPSA) is 92.4 Å². The molecule has 2 fully saturated rings. The molecule has 0 unspecified atom stereocenters. The van der Waals surface area contributed by atoms with Crippen LogP contribution in [0, 0.1) is 11.8 Å². The average molecular weight is 408 g/mol. The lowest BCUT2D eigenvalue weighted by Gasteiger charge is -2.33. The zero-order chi connectivity index (χ0) is 20.9. The van der Waals surface area contributed by atoms with Crippen molar-refractivity contribution in [3.05, 3.63) is 53.7 Å². The highest BCUT2D eigenvalue weighted by molar-refractivity contribution is 5.92. The highest BCUT2D eigenvalue weighted by Gasteiger charge is 2.27. The Bertz CT molecular complexity index is 855. The fourth-order valence-corrected chi connectivity index (χ4v) is 4.45. The minimum Gasteiger partial charge on any atom is -0.369 e. The molecule has 7 heteroatoms. The highest BCUT2D eigenvalue weighted by atomic mass is 16.2. The van der Waals surface area contributed by atoms with E-state index < -0.39 is 0 Å². The van der Waals surface area contributed by atoms with E-state index in [2.05, 4.69) is 45.4 Å². The van der Waals surface area contributed by atoms with Crippen molar-refractivity contribution in [1.29, 1.82) is 0 Å². The van der Waals surface area contributed by atoms with E-state index >= 15 is 0 Å². The fourth-order valence-electron chi connectivity index (χ4n) is 4.45. The lowest BCUT2D eigenvalue weighted by Crippen LogP contribution is -2.42. The van der Waals surface area contributed by atoms with Gasteiger partial charge in [0.15, 0.2) is 11.5 Å². The second-order valence-electron chi connectivity index (χ2n) is 8.37. The lowest BCUT2D eigenvalue weighted by molar-refractivity contribution is -0.123. The number of anilines is 1. The van der Waals surface area contributed by atoms with Gasteiger partial charge in [-0.3, -0.25) is 9.59 Å². The van der Waals surface area contributed by atoms with E-state index in [4.69, 9.17) is 5.73 Å². The summed E-state index contributed by atoms with van der Waals surface area (Å²) in [5, 5.41) is 8.52. The van der Waals surface area contributed by atoms with E-state index in [9.17, 15) is 9.59 Å². The van der Waals surface area contributed by atoms with E-state index in [-0.39, 0.29) is 17.7 Å². The molecule has 0 atom stereocenters. The maximum atomic E-state index is 12.7. The number of benzene rings is 1. The molecular formula is C23H29N5O2. The molecule has 2 saturated heterocycles. The molecule has 1 aromatic heterocycles. The van der Waals surface area contributed by atoms with Gasteiger partial charge < -0.3 is 15.5 Å². The number of carbonyl (C=O) groups is 2. The van der Waals surface area contributed by atoms with Crippen LogP contribution in [-0.2, 0) is 11.2 Å². The second kappa shape index (κ2) is 9.24. The summed E-state index contributed by atoms with van der Waals surface area (Å²) in [6.45, 7) is 2.98. The van der Waals surface area contributed by atoms with Gasteiger partial charge in [-0.2, -0.15) is 0 Å². The third-order valence-electron chi connectivity index (χ3n) is 6.36. The monoisotopic (exact) mass is 407 g/mol. The first-order valence-electron chi connectivity index (χ1n) is 10.8. The lowest BCUT2D eigenvalue weighted by atomic mass is 9.90. The number of carbonyl (C=O) groups excluding carboxylic acids is 2. The summed E-state index contributed by atoms with van der Waals surface area (Å²) in [4.78, 5) is 28.0. The number of primary amides is 1. The number of aromatic nitrogens is 2. The third-order valence-corrected chi connectivity index (χ3v) is 6.36. The van der Waals surface area contributed by atoms with Gasteiger partial charge in [-0.05, 0) is 55.7 Å². The van der Waals surface area contributed by atoms with E-state index in [1.807, 2.05) is 6.07 Å². The largest absolute Gasteiger partial charge is 0.369 e. The summed E-state index contributed by atoms with van der Waals surface area (Å²) in [5.74, 6) is 0.989. The Kier molecular flexibility index (Phi) is 6.26. The zero-order valence-corrected chi connectivity index (χ0v) is 17.2. The maximum absolute atomic E-state index is 12.7. The first-order chi connectivity index (χ1) is 14.6. The molecule has 30 heavy (non-hydrogen) atoms. The molecule has 0 saturated carbocycles. The Hall–Kier alpha value is -2.96. The molecule has 2 aromatic rings. The van der Waals surface area contributed by atoms with E-state index in [0.29, 0.717) is 37.5 Å². The van der Waals surface area contributed by atoms with Crippen LogP contribution < -0.4 is 10.6 Å². The Morgan fingerprint density at radius 1 is 0.900 bits per heavy atom. The molecule has 0 spiro atoms. The van der Waals surface area contributed by atoms with Crippen molar-refractivity contribution in [1.82, 2.24) is 15.1 Å². The molecule has 2 aliphatic heterocycles. The maximum Gasteiger partial charge on any atom is 0.274 e. The fraction of sp³-hybridized carbons (Fsp3) is 0.478. The van der Waals surface area contributed by atoms with Gasteiger partial charge in [0.1, 0.15) is 0 Å². The number of likely N-dealkylation sites (tertiary alicyclic amines) is 1. The number of hydrogen-bond acceptors (Lipinski definition) is 5. The minimum absolute atomic E-state index is 0.126. The van der Waals surface area contributed by atoms with Crippen LogP contribution in [-0.4, -0.2) is 53.1 Å². The molecule has 158 valence electrons. The average Bonchev–Trinajstić information content (AvgIpc) is 2.80. The van der Waals surface area contributed by atoms with Crippen LogP contribution in [0.3, 0.4) is 0 Å². The summed E-state index contributed by atoms with van der Waals surface area (Å²) in [6.07, 6.45) is 4.62. The molecule has 0 bridgehead atoms. The number of hydrogen-bond donors (Lipinski definition) is 1. The Morgan fingerprint density at radius 3 is 2.20 bits per heavy atom. The van der Waals surface area contributed by atoms with Gasteiger partial charge in [-0.25, -0.2) is 0 Å². The van der Waals surface area contributed by atoms with Crippen molar-refractivity contribution in [2.45, 2.75) is 32.1 Å². The minimum atomic E-state index is -0.279. The van der Waals surface area contributed by atoms with Crippen LogP contribution in [0.5, 0.6) is 0 Å². The van der Waals surface area contributed by atoms with Gasteiger partial charge >= 0.3 is 0 Å². The smallest absolute Gasteiger partial charge is 0.274 e. The second-order valence-corrected chi connectivity index (χ2v) is 8.37. The van der Waals surface area contributed by atoms with Crippen molar-refractivity contribution in [3.8, 4) is 0 Å². The molecule has 3 heterocycles. The Labute approximate surface area is 177 Å². The van der Waals surface area contributed by atoms with Crippen molar-refractivity contribution < 1.29 is 9.59 Å². The molecule has 4 rings (SSSR count). The van der Waals surface area contributed by atoms with Gasteiger partial charge in [0.2, 0.25) is 5.91 Å². The molecule has 2 amide bonds. The number of nitrogens with two attached hydrogens (primary N) is 1. The summed E-state index contributed by atoms with van der Waals surface area (Å²) in [7, 11) is 0. The van der Waals surface area contributed by atoms with Crippen LogP contribution in [0.2, 0.25) is 0 Å². The van der Waals surface area contributed by atoms with Crippen LogP contribution in [0.4, 0.5) is 5.82 Å². The zero-order valence-electron chi connectivity index (χ0n) is 17.2. The van der Waals surface area contributed by atoms with Gasteiger partial charge in [0.05, 0.1) is 0 Å². The molecule has 2 aliphatic rings. The summed E-state index contributed by atoms with van der Waals surface area (Å²) < 4.78 is 0. The quantitative estimate of drug-likeness (QED) is 0.821. The SMILES string of the molecule is NC(=O)C1CCN(C(=O)c2ccc(N3CCC(Cc4ccccc4)CC3)nn2)CC1. The predicted molar refractivity (Wildman–Crippen MR) is 115 cm³/mol. The molecule has 0 aliphatic carbocycles. The number of amides is 2. The molecule has 0 radical (unpaired) electrons. The van der Waals surface area contributed by atoms with Crippen LogP contribution in [0.25, 0.3) is 0 Å².